The SMILES string of the molecule is C/C=C(\C)C(=O)N1CCc2c(C(=O)N=C(N)/C=C/C(C)(C)C)csc2C1. The Morgan fingerprint density at radius 2 is 2.04 bits per heavy atom. The van der Waals surface area contributed by atoms with Gasteiger partial charge in [-0.05, 0) is 37.3 Å². The molecule has 2 rings (SSSR count). The molecule has 2 amide bonds. The van der Waals surface area contributed by atoms with E-state index >= 15 is 0 Å². The topological polar surface area (TPSA) is 75.8 Å². The highest BCUT2D eigenvalue weighted by Gasteiger charge is 2.26. The van der Waals surface area contributed by atoms with Crippen molar-refractivity contribution >= 4 is 29.0 Å². The average Bonchev–Trinajstić information content (AvgIpc) is 3.01. The van der Waals surface area contributed by atoms with Crippen LogP contribution in [0, 0.1) is 5.41 Å². The van der Waals surface area contributed by atoms with Crippen LogP contribution in [0.5, 0.6) is 0 Å². The van der Waals surface area contributed by atoms with Crippen molar-refractivity contribution in [1.82, 2.24) is 4.90 Å². The number of amides is 2. The summed E-state index contributed by atoms with van der Waals surface area (Å²) >= 11 is 1.50. The molecule has 0 fully saturated rings. The highest BCUT2D eigenvalue weighted by Crippen LogP contribution is 2.30. The van der Waals surface area contributed by atoms with E-state index in [0.29, 0.717) is 25.1 Å². The van der Waals surface area contributed by atoms with E-state index in [1.807, 2.05) is 36.3 Å². The zero-order chi connectivity index (χ0) is 19.5. The molecule has 0 unspecified atom stereocenters. The number of nitrogens with zero attached hydrogens (tertiary/aromatic N) is 2. The van der Waals surface area contributed by atoms with Crippen LogP contribution >= 0.6 is 11.3 Å². The van der Waals surface area contributed by atoms with Gasteiger partial charge in [-0.15, -0.1) is 11.3 Å². The zero-order valence-corrected chi connectivity index (χ0v) is 16.9. The van der Waals surface area contributed by atoms with Gasteiger partial charge in [-0.25, -0.2) is 0 Å². The Morgan fingerprint density at radius 3 is 2.65 bits per heavy atom. The number of amidine groups is 1. The molecule has 0 aromatic carbocycles. The lowest BCUT2D eigenvalue weighted by Crippen LogP contribution is -2.36. The molecule has 0 radical (unpaired) electrons. The number of fused-ring (bicyclic) bond motifs is 1. The van der Waals surface area contributed by atoms with Gasteiger partial charge in [0, 0.05) is 22.4 Å². The first-order chi connectivity index (χ1) is 12.1. The van der Waals surface area contributed by atoms with Crippen LogP contribution < -0.4 is 5.73 Å². The van der Waals surface area contributed by atoms with Crippen molar-refractivity contribution in [3.8, 4) is 0 Å². The summed E-state index contributed by atoms with van der Waals surface area (Å²) in [7, 11) is 0. The number of aliphatic imine (C=N–C) groups is 1. The third kappa shape index (κ3) is 4.91. The summed E-state index contributed by atoms with van der Waals surface area (Å²) in [6.07, 6.45) is 6.09. The van der Waals surface area contributed by atoms with Crippen molar-refractivity contribution in [3.05, 3.63) is 45.2 Å². The molecule has 0 atom stereocenters. The van der Waals surface area contributed by atoms with Crippen LogP contribution in [-0.2, 0) is 17.8 Å². The lowest BCUT2D eigenvalue weighted by molar-refractivity contribution is -0.127. The molecule has 1 aromatic rings. The second kappa shape index (κ2) is 7.99. The van der Waals surface area contributed by atoms with E-state index in [1.54, 1.807) is 6.08 Å². The van der Waals surface area contributed by atoms with Crippen molar-refractivity contribution in [3.63, 3.8) is 0 Å². The first kappa shape index (κ1) is 20.1. The molecule has 5 nitrogen and oxygen atoms in total. The molecular weight excluding hydrogens is 346 g/mol. The van der Waals surface area contributed by atoms with E-state index in [1.165, 1.54) is 11.3 Å². The second-order valence-electron chi connectivity index (χ2n) is 7.54. The van der Waals surface area contributed by atoms with E-state index in [2.05, 4.69) is 25.8 Å². The van der Waals surface area contributed by atoms with Gasteiger partial charge >= 0.3 is 0 Å². The van der Waals surface area contributed by atoms with Crippen LogP contribution in [0.15, 0.2) is 34.2 Å². The average molecular weight is 374 g/mol. The molecule has 1 aliphatic rings. The molecule has 0 saturated heterocycles. The van der Waals surface area contributed by atoms with Gasteiger partial charge in [-0.3, -0.25) is 9.59 Å². The molecule has 0 spiro atoms. The maximum Gasteiger partial charge on any atom is 0.280 e. The smallest absolute Gasteiger partial charge is 0.280 e. The first-order valence-electron chi connectivity index (χ1n) is 8.71. The molecule has 0 saturated carbocycles. The van der Waals surface area contributed by atoms with Gasteiger partial charge in [0.05, 0.1) is 12.1 Å². The highest BCUT2D eigenvalue weighted by atomic mass is 32.1. The Bertz CT molecular complexity index is 794. The Morgan fingerprint density at radius 1 is 1.35 bits per heavy atom. The maximum absolute atomic E-state index is 12.5. The van der Waals surface area contributed by atoms with Gasteiger partial charge in [0.1, 0.15) is 5.84 Å². The van der Waals surface area contributed by atoms with Crippen LogP contribution in [-0.4, -0.2) is 29.1 Å². The maximum atomic E-state index is 12.5. The van der Waals surface area contributed by atoms with Crippen molar-refractivity contribution in [1.29, 1.82) is 0 Å². The van der Waals surface area contributed by atoms with Crippen LogP contribution in [0.1, 0.15) is 55.4 Å². The predicted molar refractivity (Wildman–Crippen MR) is 107 cm³/mol. The van der Waals surface area contributed by atoms with Gasteiger partial charge in [0.2, 0.25) is 5.91 Å². The second-order valence-corrected chi connectivity index (χ2v) is 8.50. The van der Waals surface area contributed by atoms with Crippen LogP contribution in [0.4, 0.5) is 0 Å². The largest absolute Gasteiger partial charge is 0.384 e. The molecule has 26 heavy (non-hydrogen) atoms. The number of carbonyl (C=O) groups excluding carboxylic acids is 2. The van der Waals surface area contributed by atoms with Crippen LogP contribution in [0.2, 0.25) is 0 Å². The Labute approximate surface area is 159 Å². The van der Waals surface area contributed by atoms with Crippen molar-refractivity contribution in [2.75, 3.05) is 6.54 Å². The molecule has 0 bridgehead atoms. The molecule has 1 aromatic heterocycles. The van der Waals surface area contributed by atoms with Crippen molar-refractivity contribution in [2.45, 2.75) is 47.6 Å². The molecule has 6 heteroatoms. The van der Waals surface area contributed by atoms with Gasteiger partial charge in [0.15, 0.2) is 0 Å². The number of nitrogens with two attached hydrogens (primary N) is 1. The number of thiophene rings is 1. The molecule has 1 aliphatic heterocycles. The van der Waals surface area contributed by atoms with Gasteiger partial charge in [-0.2, -0.15) is 4.99 Å². The molecule has 0 aliphatic carbocycles. The summed E-state index contributed by atoms with van der Waals surface area (Å²) in [5.74, 6) is -0.0572. The summed E-state index contributed by atoms with van der Waals surface area (Å²) < 4.78 is 0. The number of allylic oxidation sites excluding steroid dienone is 2. The lowest BCUT2D eigenvalue weighted by Gasteiger charge is -2.27. The molecule has 2 N–H and O–H groups in total. The number of carbonyl (C=O) groups is 2. The summed E-state index contributed by atoms with van der Waals surface area (Å²) in [6, 6.07) is 0. The van der Waals surface area contributed by atoms with Crippen molar-refractivity contribution in [2.24, 2.45) is 16.1 Å². The standard InChI is InChI=1S/C20H27N3O2S/c1-6-13(2)19(25)23-10-8-14-15(12-26-16(14)11-23)18(24)22-17(21)7-9-20(3,4)5/h6-7,9,12H,8,10-11H2,1-5H3,(H2,21,22,24)/b9-7+,13-6+. The normalized spacial score (nSPS) is 16.1. The van der Waals surface area contributed by atoms with E-state index in [-0.39, 0.29) is 23.1 Å². The fourth-order valence-corrected chi connectivity index (χ4v) is 3.69. The van der Waals surface area contributed by atoms with Gasteiger partial charge in [-0.1, -0.05) is 32.9 Å². The number of hydrogen-bond donors (Lipinski definition) is 1. The van der Waals surface area contributed by atoms with E-state index in [4.69, 9.17) is 5.73 Å². The van der Waals surface area contributed by atoms with Crippen LogP contribution in [0.25, 0.3) is 0 Å². The summed E-state index contributed by atoms with van der Waals surface area (Å²) in [4.78, 5) is 31.7. The fraction of sp³-hybridized carbons (Fsp3) is 0.450. The minimum absolute atomic E-state index is 0.0220. The Balaban J connectivity index is 2.16. The minimum Gasteiger partial charge on any atom is -0.384 e. The number of hydrogen-bond acceptors (Lipinski definition) is 3. The minimum atomic E-state index is -0.317. The molecule has 2 heterocycles. The summed E-state index contributed by atoms with van der Waals surface area (Å²) in [5.41, 5.74) is 8.18. The fourth-order valence-electron chi connectivity index (χ4n) is 2.60. The zero-order valence-electron chi connectivity index (χ0n) is 16.1. The summed E-state index contributed by atoms with van der Waals surface area (Å²) in [6.45, 7) is 11.0. The quantitative estimate of drug-likeness (QED) is 0.499. The van der Waals surface area contributed by atoms with Gasteiger partial charge in [0.25, 0.3) is 5.91 Å². The van der Waals surface area contributed by atoms with E-state index in [0.717, 1.165) is 16.0 Å². The van der Waals surface area contributed by atoms with Crippen molar-refractivity contribution < 1.29 is 9.59 Å². The molecule has 140 valence electrons. The third-order valence-corrected chi connectivity index (χ3v) is 5.23. The lowest BCUT2D eigenvalue weighted by atomic mass is 9.96. The van der Waals surface area contributed by atoms with Gasteiger partial charge < -0.3 is 10.6 Å². The molecular formula is C20H27N3O2S. The Hall–Kier alpha value is -2.21. The predicted octanol–water partition coefficient (Wildman–Crippen LogP) is 3.70. The van der Waals surface area contributed by atoms with E-state index < -0.39 is 0 Å². The van der Waals surface area contributed by atoms with Crippen LogP contribution in [0.3, 0.4) is 0 Å². The highest BCUT2D eigenvalue weighted by molar-refractivity contribution is 7.10. The summed E-state index contributed by atoms with van der Waals surface area (Å²) in [5, 5.41) is 1.83. The van der Waals surface area contributed by atoms with E-state index in [9.17, 15) is 9.59 Å². The first-order valence-corrected chi connectivity index (χ1v) is 9.59. The number of rotatable bonds is 3. The third-order valence-electron chi connectivity index (χ3n) is 4.22. The Kier molecular flexibility index (Phi) is 6.18. The monoisotopic (exact) mass is 373 g/mol.